The minimum atomic E-state index is -1.27. The molecule has 3 N–H and O–H groups in total. The number of para-hydroxylation sites is 1. The number of carbonyl (C=O) groups excluding carboxylic acids is 2. The van der Waals surface area contributed by atoms with Crippen molar-refractivity contribution in [3.8, 4) is 0 Å². The summed E-state index contributed by atoms with van der Waals surface area (Å²) in [5.74, 6) is -0.511. The predicted molar refractivity (Wildman–Crippen MR) is 76.0 cm³/mol. The molecular weight excluding hydrogens is 274 g/mol. The fourth-order valence-corrected chi connectivity index (χ4v) is 2.24. The number of nitrogens with zero attached hydrogens (tertiary/aromatic N) is 1. The molecule has 4 amide bonds. The number of carbonyl (C=O) groups is 3. The second-order valence-electron chi connectivity index (χ2n) is 4.78. The summed E-state index contributed by atoms with van der Waals surface area (Å²) in [6, 6.07) is 7.39. The van der Waals surface area contributed by atoms with E-state index in [0.717, 1.165) is 4.90 Å². The zero-order chi connectivity index (χ0) is 15.2. The largest absolute Gasteiger partial charge is 0.465 e. The lowest BCUT2D eigenvalue weighted by molar-refractivity contribution is -0.129. The first-order chi connectivity index (χ1) is 10.1. The van der Waals surface area contributed by atoms with E-state index >= 15 is 0 Å². The van der Waals surface area contributed by atoms with Gasteiger partial charge in [0.05, 0.1) is 0 Å². The number of urea groups is 1. The van der Waals surface area contributed by atoms with Gasteiger partial charge in [0.2, 0.25) is 0 Å². The summed E-state index contributed by atoms with van der Waals surface area (Å²) < 4.78 is 0. The molecule has 1 aliphatic heterocycles. The number of rotatable bonds is 2. The Morgan fingerprint density at radius 2 is 1.90 bits per heavy atom. The second kappa shape index (κ2) is 6.74. The quantitative estimate of drug-likeness (QED) is 0.774. The van der Waals surface area contributed by atoms with Crippen molar-refractivity contribution in [2.45, 2.75) is 25.3 Å². The number of hydrogen-bond donors (Lipinski definition) is 3. The number of benzene rings is 1. The van der Waals surface area contributed by atoms with E-state index in [2.05, 4.69) is 10.6 Å². The van der Waals surface area contributed by atoms with E-state index in [1.165, 1.54) is 0 Å². The average Bonchev–Trinajstić information content (AvgIpc) is 2.62. The van der Waals surface area contributed by atoms with Crippen LogP contribution >= 0.6 is 0 Å². The molecule has 0 radical (unpaired) electrons. The first kappa shape index (κ1) is 14.8. The van der Waals surface area contributed by atoms with Gasteiger partial charge in [-0.1, -0.05) is 18.2 Å². The van der Waals surface area contributed by atoms with Crippen molar-refractivity contribution in [1.29, 1.82) is 0 Å². The van der Waals surface area contributed by atoms with Gasteiger partial charge in [0.25, 0.3) is 5.91 Å². The molecule has 1 aromatic rings. The molecule has 1 atom stereocenters. The van der Waals surface area contributed by atoms with Crippen LogP contribution in [0.2, 0.25) is 0 Å². The van der Waals surface area contributed by atoms with Crippen LogP contribution in [0.4, 0.5) is 15.3 Å². The fourth-order valence-electron chi connectivity index (χ4n) is 2.24. The van der Waals surface area contributed by atoms with Crippen molar-refractivity contribution in [2.75, 3.05) is 11.9 Å². The van der Waals surface area contributed by atoms with Crippen LogP contribution in [0.3, 0.4) is 0 Å². The van der Waals surface area contributed by atoms with Crippen LogP contribution in [0.1, 0.15) is 19.3 Å². The number of imide groups is 1. The summed E-state index contributed by atoms with van der Waals surface area (Å²) in [4.78, 5) is 36.2. The number of carboxylic acid groups (broad SMARTS) is 1. The Morgan fingerprint density at radius 1 is 1.19 bits per heavy atom. The zero-order valence-corrected chi connectivity index (χ0v) is 11.4. The van der Waals surface area contributed by atoms with Crippen LogP contribution < -0.4 is 10.6 Å². The van der Waals surface area contributed by atoms with Crippen molar-refractivity contribution >= 4 is 23.7 Å². The number of hydrogen-bond acceptors (Lipinski definition) is 3. The summed E-state index contributed by atoms with van der Waals surface area (Å²) in [5, 5.41) is 13.6. The zero-order valence-electron chi connectivity index (χ0n) is 11.4. The lowest BCUT2D eigenvalue weighted by atomic mass is 10.1. The molecule has 1 saturated heterocycles. The van der Waals surface area contributed by atoms with Gasteiger partial charge in [0, 0.05) is 12.2 Å². The third-order valence-electron chi connectivity index (χ3n) is 3.26. The van der Waals surface area contributed by atoms with Gasteiger partial charge in [-0.2, -0.15) is 0 Å². The van der Waals surface area contributed by atoms with Gasteiger partial charge < -0.3 is 15.7 Å². The van der Waals surface area contributed by atoms with Crippen LogP contribution in [0.15, 0.2) is 30.3 Å². The summed E-state index contributed by atoms with van der Waals surface area (Å²) >= 11 is 0. The first-order valence-electron chi connectivity index (χ1n) is 6.75. The molecule has 1 aromatic carbocycles. The molecule has 112 valence electrons. The van der Waals surface area contributed by atoms with Crippen LogP contribution in [0.5, 0.6) is 0 Å². The maximum Gasteiger partial charge on any atom is 0.405 e. The van der Waals surface area contributed by atoms with Gasteiger partial charge in [-0.25, -0.2) is 9.59 Å². The molecule has 2 rings (SSSR count). The molecule has 0 aliphatic carbocycles. The Hall–Kier alpha value is -2.57. The van der Waals surface area contributed by atoms with Crippen LogP contribution in [0, 0.1) is 0 Å². The first-order valence-corrected chi connectivity index (χ1v) is 6.75. The van der Waals surface area contributed by atoms with E-state index in [1.54, 1.807) is 24.3 Å². The number of amides is 4. The number of anilines is 1. The molecule has 1 aliphatic rings. The minimum Gasteiger partial charge on any atom is -0.465 e. The molecule has 0 saturated carbocycles. The van der Waals surface area contributed by atoms with Crippen LogP contribution in [-0.2, 0) is 4.79 Å². The van der Waals surface area contributed by atoms with E-state index in [1.807, 2.05) is 6.07 Å². The second-order valence-corrected chi connectivity index (χ2v) is 4.78. The fraction of sp³-hybridized carbons (Fsp3) is 0.357. The van der Waals surface area contributed by atoms with Crippen molar-refractivity contribution < 1.29 is 19.5 Å². The minimum absolute atomic E-state index is 0.287. The predicted octanol–water partition coefficient (Wildman–Crippen LogP) is 1.87. The van der Waals surface area contributed by atoms with Crippen molar-refractivity contribution in [1.82, 2.24) is 10.2 Å². The standard InChI is InChI=1S/C14H17N3O4/c18-12-11(16-14(20)21)8-4-5-9-17(12)13(19)15-10-6-2-1-3-7-10/h1-3,6-7,11,16H,4-5,8-9H2,(H,15,19)(H,20,21)/t11-/m0/s1. The molecule has 0 unspecified atom stereocenters. The van der Waals surface area contributed by atoms with Gasteiger partial charge in [-0.05, 0) is 31.4 Å². The SMILES string of the molecule is O=C(O)N[C@H]1CCCCN(C(=O)Nc2ccccc2)C1=O. The summed E-state index contributed by atoms with van der Waals surface area (Å²) in [6.45, 7) is 0.287. The highest BCUT2D eigenvalue weighted by atomic mass is 16.4. The lowest BCUT2D eigenvalue weighted by Crippen LogP contribution is -2.50. The summed E-state index contributed by atoms with van der Waals surface area (Å²) in [6.07, 6.45) is 0.483. The monoisotopic (exact) mass is 291 g/mol. The van der Waals surface area contributed by atoms with E-state index in [9.17, 15) is 14.4 Å². The Labute approximate surface area is 121 Å². The van der Waals surface area contributed by atoms with Crippen molar-refractivity contribution in [2.24, 2.45) is 0 Å². The van der Waals surface area contributed by atoms with E-state index in [0.29, 0.717) is 24.9 Å². The van der Waals surface area contributed by atoms with Crippen molar-refractivity contribution in [3.63, 3.8) is 0 Å². The van der Waals surface area contributed by atoms with Gasteiger partial charge in [0.1, 0.15) is 6.04 Å². The molecule has 0 spiro atoms. The molecular formula is C14H17N3O4. The Balaban J connectivity index is 2.07. The molecule has 7 heteroatoms. The highest BCUT2D eigenvalue weighted by molar-refractivity contribution is 6.03. The molecule has 0 aromatic heterocycles. The average molecular weight is 291 g/mol. The molecule has 1 heterocycles. The Bertz CT molecular complexity index is 532. The van der Waals surface area contributed by atoms with Gasteiger partial charge >= 0.3 is 12.1 Å². The van der Waals surface area contributed by atoms with Crippen LogP contribution in [-0.4, -0.2) is 40.6 Å². The smallest absolute Gasteiger partial charge is 0.405 e. The number of likely N-dealkylation sites (tertiary alicyclic amines) is 1. The lowest BCUT2D eigenvalue weighted by Gasteiger charge is -2.22. The maximum absolute atomic E-state index is 12.3. The third kappa shape index (κ3) is 3.95. The normalized spacial score (nSPS) is 18.8. The molecule has 21 heavy (non-hydrogen) atoms. The summed E-state index contributed by atoms with van der Waals surface area (Å²) in [7, 11) is 0. The Kier molecular flexibility index (Phi) is 4.76. The van der Waals surface area contributed by atoms with E-state index in [-0.39, 0.29) is 6.54 Å². The maximum atomic E-state index is 12.3. The van der Waals surface area contributed by atoms with E-state index in [4.69, 9.17) is 5.11 Å². The Morgan fingerprint density at radius 3 is 2.57 bits per heavy atom. The van der Waals surface area contributed by atoms with Gasteiger partial charge in [-0.15, -0.1) is 0 Å². The third-order valence-corrected chi connectivity index (χ3v) is 3.26. The van der Waals surface area contributed by atoms with Gasteiger partial charge in [-0.3, -0.25) is 9.69 Å². The van der Waals surface area contributed by atoms with Crippen LogP contribution in [0.25, 0.3) is 0 Å². The topological polar surface area (TPSA) is 98.7 Å². The highest BCUT2D eigenvalue weighted by Crippen LogP contribution is 2.14. The molecule has 1 fully saturated rings. The highest BCUT2D eigenvalue weighted by Gasteiger charge is 2.31. The van der Waals surface area contributed by atoms with Gasteiger partial charge in [0.15, 0.2) is 0 Å². The molecule has 0 bridgehead atoms. The van der Waals surface area contributed by atoms with Crippen molar-refractivity contribution in [3.05, 3.63) is 30.3 Å². The summed E-state index contributed by atoms with van der Waals surface area (Å²) in [5.41, 5.74) is 0.585. The molecule has 7 nitrogen and oxygen atoms in total. The number of nitrogens with one attached hydrogen (secondary N) is 2. The van der Waals surface area contributed by atoms with E-state index < -0.39 is 24.1 Å².